The number of aromatic nitrogens is 2. The first-order chi connectivity index (χ1) is 10.1. The summed E-state index contributed by atoms with van der Waals surface area (Å²) in [5, 5.41) is 18.6. The lowest BCUT2D eigenvalue weighted by molar-refractivity contribution is -0.139. The summed E-state index contributed by atoms with van der Waals surface area (Å²) in [7, 11) is 0. The summed E-state index contributed by atoms with van der Waals surface area (Å²) in [6.07, 6.45) is 2.20. The average Bonchev–Trinajstić information content (AvgIpc) is 3.22. The van der Waals surface area contributed by atoms with Crippen LogP contribution in [0.1, 0.15) is 46.5 Å². The standard InChI is InChI=1S/C15H15N3O3/c19-14(12-8-11(17-18-12)9-6-7-9)16-13(15(20)21)10-4-2-1-3-5-10/h1-5,8-9,13H,6-7H2,(H,16,19)(H,17,18)(H,20,21)/t13-/m0/s1. The third-order valence-corrected chi connectivity index (χ3v) is 3.50. The number of amides is 1. The Morgan fingerprint density at radius 1 is 1.29 bits per heavy atom. The van der Waals surface area contributed by atoms with Crippen LogP contribution in [0.15, 0.2) is 36.4 Å². The minimum absolute atomic E-state index is 0.221. The molecule has 3 N–H and O–H groups in total. The SMILES string of the molecule is O=C(N[C@H](C(=O)O)c1ccccc1)c1cc(C2CC2)[nH]n1. The first kappa shape index (κ1) is 13.4. The fourth-order valence-electron chi connectivity index (χ4n) is 2.19. The van der Waals surface area contributed by atoms with Gasteiger partial charge < -0.3 is 10.4 Å². The van der Waals surface area contributed by atoms with Crippen molar-refractivity contribution in [1.82, 2.24) is 15.5 Å². The Kier molecular flexibility index (Phi) is 3.43. The van der Waals surface area contributed by atoms with Crippen LogP contribution >= 0.6 is 0 Å². The third-order valence-electron chi connectivity index (χ3n) is 3.50. The van der Waals surface area contributed by atoms with Crippen molar-refractivity contribution in [1.29, 1.82) is 0 Å². The minimum Gasteiger partial charge on any atom is -0.479 e. The van der Waals surface area contributed by atoms with E-state index in [4.69, 9.17) is 0 Å². The molecule has 1 aliphatic rings. The number of hydrogen-bond donors (Lipinski definition) is 3. The summed E-state index contributed by atoms with van der Waals surface area (Å²) in [6.45, 7) is 0. The maximum atomic E-state index is 12.1. The van der Waals surface area contributed by atoms with Crippen LogP contribution in [-0.4, -0.2) is 27.2 Å². The number of benzene rings is 1. The van der Waals surface area contributed by atoms with Crippen molar-refractivity contribution in [2.45, 2.75) is 24.8 Å². The quantitative estimate of drug-likeness (QED) is 0.781. The second-order valence-corrected chi connectivity index (χ2v) is 5.14. The van der Waals surface area contributed by atoms with E-state index in [0.29, 0.717) is 11.5 Å². The maximum Gasteiger partial charge on any atom is 0.330 e. The van der Waals surface area contributed by atoms with Gasteiger partial charge in [0.2, 0.25) is 0 Å². The Bertz CT molecular complexity index is 662. The van der Waals surface area contributed by atoms with Gasteiger partial charge in [-0.3, -0.25) is 9.89 Å². The van der Waals surface area contributed by atoms with Crippen molar-refractivity contribution < 1.29 is 14.7 Å². The number of carboxylic acids is 1. The molecule has 1 saturated carbocycles. The molecule has 108 valence electrons. The van der Waals surface area contributed by atoms with Crippen molar-refractivity contribution in [3.05, 3.63) is 53.3 Å². The number of aliphatic carboxylic acids is 1. The van der Waals surface area contributed by atoms with Crippen LogP contribution in [-0.2, 0) is 4.79 Å². The number of carboxylic acid groups (broad SMARTS) is 1. The minimum atomic E-state index is -1.10. The van der Waals surface area contributed by atoms with Crippen LogP contribution in [0.2, 0.25) is 0 Å². The predicted molar refractivity (Wildman–Crippen MR) is 74.8 cm³/mol. The zero-order chi connectivity index (χ0) is 14.8. The number of aromatic amines is 1. The fourth-order valence-corrected chi connectivity index (χ4v) is 2.19. The van der Waals surface area contributed by atoms with E-state index >= 15 is 0 Å². The monoisotopic (exact) mass is 285 g/mol. The van der Waals surface area contributed by atoms with Crippen LogP contribution in [0, 0.1) is 0 Å². The molecule has 1 atom stereocenters. The molecular formula is C15H15N3O3. The Morgan fingerprint density at radius 2 is 2.00 bits per heavy atom. The van der Waals surface area contributed by atoms with Gasteiger partial charge in [0.15, 0.2) is 6.04 Å². The highest BCUT2D eigenvalue weighted by Crippen LogP contribution is 2.39. The highest BCUT2D eigenvalue weighted by molar-refractivity contribution is 5.95. The molecule has 21 heavy (non-hydrogen) atoms. The molecule has 1 amide bonds. The lowest BCUT2D eigenvalue weighted by Crippen LogP contribution is -2.33. The summed E-state index contributed by atoms with van der Waals surface area (Å²) >= 11 is 0. The lowest BCUT2D eigenvalue weighted by Gasteiger charge is -2.13. The van der Waals surface area contributed by atoms with E-state index in [0.717, 1.165) is 18.5 Å². The number of nitrogens with zero attached hydrogens (tertiary/aromatic N) is 1. The van der Waals surface area contributed by atoms with Gasteiger partial charge in [-0.15, -0.1) is 0 Å². The van der Waals surface area contributed by atoms with Gasteiger partial charge in [0.05, 0.1) is 0 Å². The third kappa shape index (κ3) is 2.94. The fraction of sp³-hybridized carbons (Fsp3) is 0.267. The van der Waals surface area contributed by atoms with Gasteiger partial charge in [-0.25, -0.2) is 4.79 Å². The molecule has 0 spiro atoms. The molecule has 2 aromatic rings. The van der Waals surface area contributed by atoms with Gasteiger partial charge in [0.1, 0.15) is 5.69 Å². The summed E-state index contributed by atoms with van der Waals surface area (Å²) in [6, 6.07) is 9.20. The molecular weight excluding hydrogens is 270 g/mol. The first-order valence-corrected chi connectivity index (χ1v) is 6.79. The van der Waals surface area contributed by atoms with Crippen LogP contribution in [0.5, 0.6) is 0 Å². The zero-order valence-electron chi connectivity index (χ0n) is 11.2. The van der Waals surface area contributed by atoms with Crippen LogP contribution in [0.4, 0.5) is 0 Å². The molecule has 1 fully saturated rings. The van der Waals surface area contributed by atoms with Crippen LogP contribution < -0.4 is 5.32 Å². The molecule has 1 aliphatic carbocycles. The number of nitrogens with one attached hydrogen (secondary N) is 2. The lowest BCUT2D eigenvalue weighted by atomic mass is 10.1. The summed E-state index contributed by atoms with van der Waals surface area (Å²) in [4.78, 5) is 23.5. The van der Waals surface area contributed by atoms with E-state index in [-0.39, 0.29) is 5.69 Å². The number of rotatable bonds is 5. The van der Waals surface area contributed by atoms with E-state index in [1.807, 2.05) is 0 Å². The Labute approximate surface area is 121 Å². The Balaban J connectivity index is 1.75. The molecule has 0 saturated heterocycles. The van der Waals surface area contributed by atoms with E-state index in [9.17, 15) is 14.7 Å². The average molecular weight is 285 g/mol. The highest BCUT2D eigenvalue weighted by atomic mass is 16.4. The molecule has 6 heteroatoms. The van der Waals surface area contributed by atoms with Crippen LogP contribution in [0.25, 0.3) is 0 Å². The van der Waals surface area contributed by atoms with E-state index in [1.165, 1.54) is 0 Å². The predicted octanol–water partition coefficient (Wildman–Crippen LogP) is 1.84. The van der Waals surface area contributed by atoms with E-state index in [1.54, 1.807) is 36.4 Å². The second kappa shape index (κ2) is 5.40. The molecule has 0 unspecified atom stereocenters. The summed E-state index contributed by atoms with van der Waals surface area (Å²) in [5.74, 6) is -1.13. The normalized spacial score (nSPS) is 15.4. The van der Waals surface area contributed by atoms with Gasteiger partial charge in [0.25, 0.3) is 5.91 Å². The number of hydrogen-bond acceptors (Lipinski definition) is 3. The molecule has 1 aromatic heterocycles. The van der Waals surface area contributed by atoms with Crippen molar-refractivity contribution in [2.24, 2.45) is 0 Å². The highest BCUT2D eigenvalue weighted by Gasteiger charge is 2.28. The van der Waals surface area contributed by atoms with Gasteiger partial charge in [0, 0.05) is 11.6 Å². The van der Waals surface area contributed by atoms with Crippen LogP contribution in [0.3, 0.4) is 0 Å². The zero-order valence-corrected chi connectivity index (χ0v) is 11.2. The topological polar surface area (TPSA) is 95.1 Å². The Morgan fingerprint density at radius 3 is 2.62 bits per heavy atom. The molecule has 3 rings (SSSR count). The molecule has 0 radical (unpaired) electrons. The van der Waals surface area contributed by atoms with Crippen molar-refractivity contribution in [2.75, 3.05) is 0 Å². The van der Waals surface area contributed by atoms with E-state index < -0.39 is 17.9 Å². The maximum absolute atomic E-state index is 12.1. The molecule has 1 aromatic carbocycles. The van der Waals surface area contributed by atoms with Crippen molar-refractivity contribution in [3.63, 3.8) is 0 Å². The van der Waals surface area contributed by atoms with Gasteiger partial charge >= 0.3 is 5.97 Å². The number of carbonyl (C=O) groups excluding carboxylic acids is 1. The van der Waals surface area contributed by atoms with E-state index in [2.05, 4.69) is 15.5 Å². The van der Waals surface area contributed by atoms with Crippen molar-refractivity contribution in [3.8, 4) is 0 Å². The molecule has 1 heterocycles. The van der Waals surface area contributed by atoms with Gasteiger partial charge in [-0.2, -0.15) is 5.10 Å². The number of carbonyl (C=O) groups is 2. The van der Waals surface area contributed by atoms with Gasteiger partial charge in [-0.05, 0) is 24.5 Å². The van der Waals surface area contributed by atoms with Gasteiger partial charge in [-0.1, -0.05) is 30.3 Å². The largest absolute Gasteiger partial charge is 0.479 e. The summed E-state index contributed by atoms with van der Waals surface area (Å²) < 4.78 is 0. The smallest absolute Gasteiger partial charge is 0.330 e. The van der Waals surface area contributed by atoms with Crippen molar-refractivity contribution >= 4 is 11.9 Å². The second-order valence-electron chi connectivity index (χ2n) is 5.14. The molecule has 6 nitrogen and oxygen atoms in total. The molecule has 0 aliphatic heterocycles. The Hall–Kier alpha value is -2.63. The summed E-state index contributed by atoms with van der Waals surface area (Å²) in [5.41, 5.74) is 1.68. The number of H-pyrrole nitrogens is 1. The molecule has 0 bridgehead atoms. The first-order valence-electron chi connectivity index (χ1n) is 6.79.